The average molecular weight is 370 g/mol. The molecule has 0 spiro atoms. The van der Waals surface area contributed by atoms with Gasteiger partial charge < -0.3 is 19.2 Å². The van der Waals surface area contributed by atoms with E-state index >= 15 is 0 Å². The second kappa shape index (κ2) is 13.2. The monoisotopic (exact) mass is 370 g/mol. The number of aliphatic hydroxyl groups is 1. The number of aliphatic hydroxyl groups excluding tert-OH is 1. The summed E-state index contributed by atoms with van der Waals surface area (Å²) in [5, 5.41) is 9.70. The maximum absolute atomic E-state index is 11.7. The smallest absolute Gasteiger partial charge is 0.388 e. The zero-order chi connectivity index (χ0) is 18.5. The summed E-state index contributed by atoms with van der Waals surface area (Å²) < 4.78 is 27.3. The quantitative estimate of drug-likeness (QED) is 0.247. The van der Waals surface area contributed by atoms with E-state index in [9.17, 15) is 14.6 Å². The van der Waals surface area contributed by atoms with Crippen molar-refractivity contribution in [3.8, 4) is 0 Å². The molecule has 0 rings (SSSR count). The summed E-state index contributed by atoms with van der Waals surface area (Å²) >= 11 is 0. The molecule has 0 aromatic heterocycles. The van der Waals surface area contributed by atoms with Crippen molar-refractivity contribution in [2.45, 2.75) is 51.6 Å². The van der Waals surface area contributed by atoms with Crippen LogP contribution in [-0.4, -0.2) is 74.7 Å². The van der Waals surface area contributed by atoms with E-state index < -0.39 is 13.9 Å². The Bertz CT molecular complexity index is 348. The Morgan fingerprint density at radius 3 is 2.21 bits per heavy atom. The molecule has 0 radical (unpaired) electrons. The predicted octanol–water partition coefficient (Wildman–Crippen LogP) is 2.56. The third-order valence-corrected chi connectivity index (χ3v) is 4.38. The Hall–Kier alpha value is -0.0100. The fourth-order valence-electron chi connectivity index (χ4n) is 1.90. The summed E-state index contributed by atoms with van der Waals surface area (Å²) in [5.74, 6) is 0. The molecular formula is C16H37NO6P+. The van der Waals surface area contributed by atoms with Crippen molar-refractivity contribution in [3.63, 3.8) is 0 Å². The second-order valence-electron chi connectivity index (χ2n) is 7.11. The fourth-order valence-corrected chi connectivity index (χ4v) is 2.65. The number of unbranched alkanes of at least 4 members (excludes halogenated alkanes) is 5. The molecule has 0 aliphatic heterocycles. The zero-order valence-corrected chi connectivity index (χ0v) is 16.7. The van der Waals surface area contributed by atoms with Crippen LogP contribution in [0.25, 0.3) is 0 Å². The summed E-state index contributed by atoms with van der Waals surface area (Å²) in [6, 6.07) is 0. The molecule has 0 fully saturated rings. The molecule has 0 amide bonds. The molecule has 0 saturated heterocycles. The normalized spacial score (nSPS) is 16.1. The summed E-state index contributed by atoms with van der Waals surface area (Å²) in [5.41, 5.74) is 0. The Labute approximate surface area is 147 Å². The maximum Gasteiger partial charge on any atom is 0.472 e. The van der Waals surface area contributed by atoms with Gasteiger partial charge in [-0.15, -0.1) is 0 Å². The molecule has 0 saturated carbocycles. The third-order valence-electron chi connectivity index (χ3n) is 3.40. The lowest BCUT2D eigenvalue weighted by molar-refractivity contribution is -0.870. The molecule has 0 aliphatic rings. The van der Waals surface area contributed by atoms with Gasteiger partial charge in [-0.3, -0.25) is 9.05 Å². The van der Waals surface area contributed by atoms with Crippen molar-refractivity contribution in [1.29, 1.82) is 0 Å². The van der Waals surface area contributed by atoms with Crippen LogP contribution >= 0.6 is 7.82 Å². The van der Waals surface area contributed by atoms with E-state index in [2.05, 4.69) is 6.92 Å². The predicted molar refractivity (Wildman–Crippen MR) is 94.8 cm³/mol. The largest absolute Gasteiger partial charge is 0.472 e. The minimum Gasteiger partial charge on any atom is -0.388 e. The molecule has 146 valence electrons. The van der Waals surface area contributed by atoms with Gasteiger partial charge in [0.05, 0.1) is 34.4 Å². The number of rotatable bonds is 16. The van der Waals surface area contributed by atoms with Gasteiger partial charge in [0.15, 0.2) is 0 Å². The molecule has 2 unspecified atom stereocenters. The number of likely N-dealkylation sites (N-methyl/N-ethyl adjacent to an activating group) is 1. The first-order chi connectivity index (χ1) is 11.2. The lowest BCUT2D eigenvalue weighted by atomic mass is 10.1. The molecule has 0 heterocycles. The Morgan fingerprint density at radius 2 is 1.58 bits per heavy atom. The average Bonchev–Trinajstić information content (AvgIpc) is 2.46. The highest BCUT2D eigenvalue weighted by Gasteiger charge is 2.23. The molecule has 0 aliphatic carbocycles. The highest BCUT2D eigenvalue weighted by atomic mass is 31.2. The first-order valence-electron chi connectivity index (χ1n) is 8.84. The van der Waals surface area contributed by atoms with Crippen LogP contribution in [0.5, 0.6) is 0 Å². The Kier molecular flexibility index (Phi) is 13.2. The summed E-state index contributed by atoms with van der Waals surface area (Å²) in [4.78, 5) is 9.52. The highest BCUT2D eigenvalue weighted by molar-refractivity contribution is 7.47. The molecular weight excluding hydrogens is 333 g/mol. The molecule has 2 N–H and O–H groups in total. The fraction of sp³-hybridized carbons (Fsp3) is 1.00. The van der Waals surface area contributed by atoms with Crippen molar-refractivity contribution in [2.24, 2.45) is 0 Å². The van der Waals surface area contributed by atoms with E-state index in [1.807, 2.05) is 21.1 Å². The van der Waals surface area contributed by atoms with Crippen molar-refractivity contribution in [1.82, 2.24) is 0 Å². The number of hydrogen-bond acceptors (Lipinski definition) is 5. The number of hydrogen-bond donors (Lipinski definition) is 2. The molecule has 24 heavy (non-hydrogen) atoms. The van der Waals surface area contributed by atoms with Gasteiger partial charge in [-0.05, 0) is 6.42 Å². The van der Waals surface area contributed by atoms with Gasteiger partial charge in [-0.2, -0.15) is 0 Å². The standard InChI is InChI=1S/C16H36NO6P/c1-5-6-7-8-9-10-12-21-14-16(18)15-23-24(19,20)22-13-11-17(2,3)4/h16,18H,5-15H2,1-4H3/p+1. The third kappa shape index (κ3) is 16.8. The first kappa shape index (κ1) is 24.0. The van der Waals surface area contributed by atoms with E-state index in [4.69, 9.17) is 13.8 Å². The minimum absolute atomic E-state index is 0.0911. The van der Waals surface area contributed by atoms with Gasteiger partial charge in [0.25, 0.3) is 0 Å². The maximum atomic E-state index is 11.7. The number of ether oxygens (including phenoxy) is 1. The van der Waals surface area contributed by atoms with Crippen LogP contribution in [0.2, 0.25) is 0 Å². The lowest BCUT2D eigenvalue weighted by Gasteiger charge is -2.24. The number of quaternary nitrogens is 1. The molecule has 0 aromatic rings. The van der Waals surface area contributed by atoms with E-state index in [1.54, 1.807) is 0 Å². The van der Waals surface area contributed by atoms with E-state index in [1.165, 1.54) is 25.7 Å². The number of nitrogens with zero attached hydrogens (tertiary/aromatic N) is 1. The summed E-state index contributed by atoms with van der Waals surface area (Å²) in [6.45, 7) is 3.27. The highest BCUT2D eigenvalue weighted by Crippen LogP contribution is 2.43. The van der Waals surface area contributed by atoms with Gasteiger partial charge in [0.1, 0.15) is 19.3 Å². The van der Waals surface area contributed by atoms with E-state index in [0.717, 1.165) is 12.8 Å². The molecule has 7 nitrogen and oxygen atoms in total. The lowest BCUT2D eigenvalue weighted by Crippen LogP contribution is -2.37. The van der Waals surface area contributed by atoms with Crippen molar-refractivity contribution in [3.05, 3.63) is 0 Å². The van der Waals surface area contributed by atoms with Crippen LogP contribution in [0.3, 0.4) is 0 Å². The topological polar surface area (TPSA) is 85.2 Å². The molecule has 2 atom stereocenters. The number of phosphoric ester groups is 1. The summed E-state index contributed by atoms with van der Waals surface area (Å²) in [7, 11) is 1.75. The van der Waals surface area contributed by atoms with Crippen LogP contribution in [0.15, 0.2) is 0 Å². The van der Waals surface area contributed by atoms with E-state index in [-0.39, 0.29) is 19.8 Å². The zero-order valence-electron chi connectivity index (χ0n) is 15.8. The molecule has 0 bridgehead atoms. The first-order valence-corrected chi connectivity index (χ1v) is 10.3. The minimum atomic E-state index is -4.12. The number of phosphoric acid groups is 1. The van der Waals surface area contributed by atoms with Crippen molar-refractivity contribution < 1.29 is 32.8 Å². The van der Waals surface area contributed by atoms with Crippen LogP contribution < -0.4 is 0 Å². The van der Waals surface area contributed by atoms with Gasteiger partial charge in [0.2, 0.25) is 0 Å². The van der Waals surface area contributed by atoms with Crippen LogP contribution in [-0.2, 0) is 18.3 Å². The van der Waals surface area contributed by atoms with Gasteiger partial charge in [0, 0.05) is 6.61 Å². The van der Waals surface area contributed by atoms with Crippen molar-refractivity contribution >= 4 is 7.82 Å². The Morgan fingerprint density at radius 1 is 0.958 bits per heavy atom. The van der Waals surface area contributed by atoms with Crippen LogP contribution in [0.1, 0.15) is 45.4 Å². The Balaban J connectivity index is 3.62. The van der Waals surface area contributed by atoms with Crippen LogP contribution in [0, 0.1) is 0 Å². The van der Waals surface area contributed by atoms with Crippen molar-refractivity contribution in [2.75, 3.05) is 54.1 Å². The summed E-state index contributed by atoms with van der Waals surface area (Å²) in [6.07, 6.45) is 6.12. The molecule has 0 aromatic carbocycles. The van der Waals surface area contributed by atoms with Gasteiger partial charge in [-0.1, -0.05) is 39.0 Å². The second-order valence-corrected chi connectivity index (χ2v) is 8.56. The van der Waals surface area contributed by atoms with Gasteiger partial charge in [-0.25, -0.2) is 4.57 Å². The van der Waals surface area contributed by atoms with E-state index in [0.29, 0.717) is 17.6 Å². The SMILES string of the molecule is CCCCCCCCOCC(O)COP(=O)(O)OCC[N+](C)(C)C. The molecule has 8 heteroatoms. The van der Waals surface area contributed by atoms with Gasteiger partial charge >= 0.3 is 7.82 Å². The van der Waals surface area contributed by atoms with Crippen LogP contribution in [0.4, 0.5) is 0 Å².